The van der Waals surface area contributed by atoms with E-state index in [-0.39, 0.29) is 12.1 Å². The summed E-state index contributed by atoms with van der Waals surface area (Å²) in [5.74, 6) is 0.738. The van der Waals surface area contributed by atoms with Crippen molar-refractivity contribution in [2.75, 3.05) is 20.2 Å². The molecular formula is C10H23NO. The Morgan fingerprint density at radius 1 is 1.33 bits per heavy atom. The minimum Gasteiger partial charge on any atom is -0.394 e. The Kier molecular flexibility index (Phi) is 4.80. The molecule has 0 aliphatic carbocycles. The van der Waals surface area contributed by atoms with Crippen LogP contribution in [-0.2, 0) is 0 Å². The van der Waals surface area contributed by atoms with Crippen LogP contribution in [-0.4, -0.2) is 35.7 Å². The SMILES string of the molecule is CC(C)CCN(C)C(C)(C)CO. The van der Waals surface area contributed by atoms with Crippen LogP contribution in [0.5, 0.6) is 0 Å². The molecule has 0 rings (SSSR count). The number of hydrogen-bond donors (Lipinski definition) is 1. The highest BCUT2D eigenvalue weighted by molar-refractivity contribution is 4.77. The third-order valence-electron chi connectivity index (χ3n) is 2.46. The minimum atomic E-state index is -0.0745. The van der Waals surface area contributed by atoms with Crippen molar-refractivity contribution < 1.29 is 5.11 Å². The lowest BCUT2D eigenvalue weighted by molar-refractivity contribution is 0.0755. The van der Waals surface area contributed by atoms with Crippen LogP contribution in [0.15, 0.2) is 0 Å². The maximum Gasteiger partial charge on any atom is 0.0609 e. The van der Waals surface area contributed by atoms with Crippen LogP contribution < -0.4 is 0 Å². The van der Waals surface area contributed by atoms with E-state index in [1.807, 2.05) is 0 Å². The maximum atomic E-state index is 9.09. The van der Waals surface area contributed by atoms with Gasteiger partial charge in [0.2, 0.25) is 0 Å². The molecule has 0 aliphatic rings. The van der Waals surface area contributed by atoms with Crippen molar-refractivity contribution in [2.24, 2.45) is 5.92 Å². The van der Waals surface area contributed by atoms with Crippen molar-refractivity contribution in [3.05, 3.63) is 0 Å². The highest BCUT2D eigenvalue weighted by Gasteiger charge is 2.21. The first-order chi connectivity index (χ1) is 5.40. The minimum absolute atomic E-state index is 0.0745. The molecule has 1 N–H and O–H groups in total. The third-order valence-corrected chi connectivity index (χ3v) is 2.46. The fourth-order valence-corrected chi connectivity index (χ4v) is 0.875. The molecule has 0 fully saturated rings. The van der Waals surface area contributed by atoms with Crippen molar-refractivity contribution in [1.29, 1.82) is 0 Å². The first kappa shape index (κ1) is 11.9. The first-order valence-electron chi connectivity index (χ1n) is 4.72. The van der Waals surface area contributed by atoms with E-state index in [0.29, 0.717) is 0 Å². The molecule has 0 saturated heterocycles. The summed E-state index contributed by atoms with van der Waals surface area (Å²) in [7, 11) is 2.07. The maximum absolute atomic E-state index is 9.09. The molecule has 0 aromatic carbocycles. The predicted molar refractivity (Wildman–Crippen MR) is 53.2 cm³/mol. The molecule has 0 aromatic rings. The summed E-state index contributed by atoms with van der Waals surface area (Å²) < 4.78 is 0. The van der Waals surface area contributed by atoms with Gasteiger partial charge >= 0.3 is 0 Å². The molecule has 2 nitrogen and oxygen atoms in total. The molecule has 0 aliphatic heterocycles. The normalized spacial score (nSPS) is 13.0. The number of likely N-dealkylation sites (N-methyl/N-ethyl adjacent to an activating group) is 1. The third kappa shape index (κ3) is 4.07. The van der Waals surface area contributed by atoms with E-state index in [0.717, 1.165) is 12.5 Å². The van der Waals surface area contributed by atoms with Crippen LogP contribution in [0.4, 0.5) is 0 Å². The average Bonchev–Trinajstić information content (AvgIpc) is 2.00. The Balaban J connectivity index is 3.78. The van der Waals surface area contributed by atoms with E-state index >= 15 is 0 Å². The second kappa shape index (κ2) is 4.83. The second-order valence-electron chi connectivity index (χ2n) is 4.57. The van der Waals surface area contributed by atoms with Crippen molar-refractivity contribution in [2.45, 2.75) is 39.7 Å². The van der Waals surface area contributed by atoms with Crippen LogP contribution >= 0.6 is 0 Å². The van der Waals surface area contributed by atoms with Crippen molar-refractivity contribution in [3.63, 3.8) is 0 Å². The van der Waals surface area contributed by atoms with E-state index in [9.17, 15) is 0 Å². The van der Waals surface area contributed by atoms with Gasteiger partial charge in [0.1, 0.15) is 0 Å². The highest BCUT2D eigenvalue weighted by atomic mass is 16.3. The molecule has 0 aromatic heterocycles. The number of rotatable bonds is 5. The van der Waals surface area contributed by atoms with Crippen LogP contribution in [0.25, 0.3) is 0 Å². The molecule has 0 heterocycles. The van der Waals surface area contributed by atoms with Gasteiger partial charge in [-0.1, -0.05) is 13.8 Å². The van der Waals surface area contributed by atoms with Crippen LogP contribution in [0.3, 0.4) is 0 Å². The zero-order valence-corrected chi connectivity index (χ0v) is 9.09. The van der Waals surface area contributed by atoms with Gasteiger partial charge < -0.3 is 5.11 Å². The lowest BCUT2D eigenvalue weighted by atomic mass is 10.0. The van der Waals surface area contributed by atoms with Gasteiger partial charge in [0.15, 0.2) is 0 Å². The molecular weight excluding hydrogens is 150 g/mol. The van der Waals surface area contributed by atoms with Gasteiger partial charge in [-0.15, -0.1) is 0 Å². The Hall–Kier alpha value is -0.0800. The molecule has 74 valence electrons. The Morgan fingerprint density at radius 3 is 2.17 bits per heavy atom. The molecule has 2 heteroatoms. The van der Waals surface area contributed by atoms with E-state index in [2.05, 4.69) is 39.6 Å². The molecule has 0 atom stereocenters. The smallest absolute Gasteiger partial charge is 0.0609 e. The summed E-state index contributed by atoms with van der Waals surface area (Å²) in [5, 5.41) is 9.09. The van der Waals surface area contributed by atoms with Gasteiger partial charge in [0.05, 0.1) is 6.61 Å². The lowest BCUT2D eigenvalue weighted by Crippen LogP contribution is -2.44. The second-order valence-corrected chi connectivity index (χ2v) is 4.57. The Bertz CT molecular complexity index is 121. The highest BCUT2D eigenvalue weighted by Crippen LogP contribution is 2.12. The predicted octanol–water partition coefficient (Wildman–Crippen LogP) is 1.74. The fourth-order valence-electron chi connectivity index (χ4n) is 0.875. The summed E-state index contributed by atoms with van der Waals surface area (Å²) in [6.07, 6.45) is 1.19. The topological polar surface area (TPSA) is 23.5 Å². The average molecular weight is 173 g/mol. The zero-order valence-electron chi connectivity index (χ0n) is 9.09. The number of nitrogens with zero attached hydrogens (tertiary/aromatic N) is 1. The standard InChI is InChI=1S/C10H23NO/c1-9(2)6-7-11(5)10(3,4)8-12/h9,12H,6-8H2,1-5H3. The summed E-state index contributed by atoms with van der Waals surface area (Å²) in [6.45, 7) is 9.85. The van der Waals surface area contributed by atoms with Crippen LogP contribution in [0.2, 0.25) is 0 Å². The monoisotopic (exact) mass is 173 g/mol. The quantitative estimate of drug-likeness (QED) is 0.684. The summed E-state index contributed by atoms with van der Waals surface area (Å²) in [5.41, 5.74) is -0.0745. The van der Waals surface area contributed by atoms with Gasteiger partial charge in [0, 0.05) is 5.54 Å². The molecule has 0 amide bonds. The van der Waals surface area contributed by atoms with Crippen LogP contribution in [0.1, 0.15) is 34.1 Å². The van der Waals surface area contributed by atoms with Gasteiger partial charge in [-0.3, -0.25) is 4.90 Å². The summed E-state index contributed by atoms with van der Waals surface area (Å²) >= 11 is 0. The van der Waals surface area contributed by atoms with Gasteiger partial charge in [-0.25, -0.2) is 0 Å². The van der Waals surface area contributed by atoms with E-state index < -0.39 is 0 Å². The van der Waals surface area contributed by atoms with Gasteiger partial charge in [0.25, 0.3) is 0 Å². The van der Waals surface area contributed by atoms with Crippen LogP contribution in [0, 0.1) is 5.92 Å². The largest absolute Gasteiger partial charge is 0.394 e. The summed E-state index contributed by atoms with van der Waals surface area (Å²) in [6, 6.07) is 0. The first-order valence-corrected chi connectivity index (χ1v) is 4.72. The van der Waals surface area contributed by atoms with E-state index in [1.165, 1.54) is 6.42 Å². The van der Waals surface area contributed by atoms with Crippen molar-refractivity contribution in [1.82, 2.24) is 4.90 Å². The number of aliphatic hydroxyl groups is 1. The van der Waals surface area contributed by atoms with Gasteiger partial charge in [-0.2, -0.15) is 0 Å². The molecule has 0 bridgehead atoms. The molecule has 0 unspecified atom stereocenters. The van der Waals surface area contributed by atoms with Crippen molar-refractivity contribution >= 4 is 0 Å². The Labute approximate surface area is 76.6 Å². The number of hydrogen-bond acceptors (Lipinski definition) is 2. The molecule has 0 saturated carbocycles. The summed E-state index contributed by atoms with van der Waals surface area (Å²) in [4.78, 5) is 2.22. The molecule has 0 spiro atoms. The van der Waals surface area contributed by atoms with Gasteiger partial charge in [-0.05, 0) is 39.8 Å². The van der Waals surface area contributed by atoms with E-state index in [1.54, 1.807) is 0 Å². The zero-order chi connectivity index (χ0) is 9.78. The lowest BCUT2D eigenvalue weighted by Gasteiger charge is -2.34. The van der Waals surface area contributed by atoms with Crippen molar-refractivity contribution in [3.8, 4) is 0 Å². The van der Waals surface area contributed by atoms with E-state index in [4.69, 9.17) is 5.11 Å². The Morgan fingerprint density at radius 2 is 1.83 bits per heavy atom. The molecule has 0 radical (unpaired) electrons. The molecule has 12 heavy (non-hydrogen) atoms. The fraction of sp³-hybridized carbons (Fsp3) is 1.00. The number of aliphatic hydroxyl groups excluding tert-OH is 1.